The van der Waals surface area contributed by atoms with E-state index in [-0.39, 0.29) is 17.7 Å². The topological polar surface area (TPSA) is 85.8 Å². The number of nitrogens with zero attached hydrogens (tertiary/aromatic N) is 4. The molecule has 0 aliphatic heterocycles. The molecule has 0 saturated carbocycles. The second kappa shape index (κ2) is 9.36. The lowest BCUT2D eigenvalue weighted by molar-refractivity contribution is -0.119. The van der Waals surface area contributed by atoms with Gasteiger partial charge in [-0.1, -0.05) is 55.9 Å². The first kappa shape index (κ1) is 19.2. The molecular formula is C19H23N5O2S. The third-order valence-electron chi connectivity index (χ3n) is 3.96. The maximum atomic E-state index is 12.5. The van der Waals surface area contributed by atoms with Crippen LogP contribution in [0.25, 0.3) is 0 Å². The van der Waals surface area contributed by atoms with Crippen molar-refractivity contribution in [2.75, 3.05) is 5.75 Å². The van der Waals surface area contributed by atoms with E-state index in [9.17, 15) is 4.79 Å². The van der Waals surface area contributed by atoms with E-state index in [4.69, 9.17) is 4.42 Å². The van der Waals surface area contributed by atoms with Crippen LogP contribution in [-0.2, 0) is 11.3 Å². The van der Waals surface area contributed by atoms with E-state index < -0.39 is 0 Å². The minimum Gasteiger partial charge on any atom is -0.467 e. The van der Waals surface area contributed by atoms with Gasteiger partial charge in [0.15, 0.2) is 0 Å². The Morgan fingerprint density at radius 3 is 2.74 bits per heavy atom. The fourth-order valence-corrected chi connectivity index (χ4v) is 3.44. The second-order valence-electron chi connectivity index (χ2n) is 6.65. The van der Waals surface area contributed by atoms with E-state index >= 15 is 0 Å². The highest BCUT2D eigenvalue weighted by Crippen LogP contribution is 2.22. The molecule has 2 heterocycles. The molecule has 0 aliphatic rings. The number of hydrogen-bond acceptors (Lipinski definition) is 6. The molecule has 3 aromatic rings. The molecule has 27 heavy (non-hydrogen) atoms. The SMILES string of the molecule is CC(C)CC(NC(=O)CSc1nnnn1Cc1ccco1)c1ccccc1. The summed E-state index contributed by atoms with van der Waals surface area (Å²) in [6, 6.07) is 13.7. The van der Waals surface area contributed by atoms with Crippen molar-refractivity contribution in [2.24, 2.45) is 5.92 Å². The third kappa shape index (κ3) is 5.68. The van der Waals surface area contributed by atoms with Crippen LogP contribution in [0, 0.1) is 5.92 Å². The minimum absolute atomic E-state index is 0.00147. The van der Waals surface area contributed by atoms with Gasteiger partial charge in [0.25, 0.3) is 0 Å². The van der Waals surface area contributed by atoms with Crippen LogP contribution in [0.1, 0.15) is 37.6 Å². The highest BCUT2D eigenvalue weighted by atomic mass is 32.2. The number of hydrogen-bond donors (Lipinski definition) is 1. The molecule has 1 N–H and O–H groups in total. The molecule has 1 atom stereocenters. The predicted molar refractivity (Wildman–Crippen MR) is 103 cm³/mol. The Bertz CT molecular complexity index is 833. The van der Waals surface area contributed by atoms with Gasteiger partial charge in [0.05, 0.1) is 18.1 Å². The average molecular weight is 385 g/mol. The highest BCUT2D eigenvalue weighted by Gasteiger charge is 2.17. The van der Waals surface area contributed by atoms with Crippen LogP contribution < -0.4 is 5.32 Å². The number of nitrogens with one attached hydrogen (secondary N) is 1. The second-order valence-corrected chi connectivity index (χ2v) is 7.59. The lowest BCUT2D eigenvalue weighted by Gasteiger charge is -2.21. The molecule has 3 rings (SSSR count). The van der Waals surface area contributed by atoms with Gasteiger partial charge in [-0.25, -0.2) is 4.68 Å². The summed E-state index contributed by atoms with van der Waals surface area (Å²) in [5.41, 5.74) is 1.12. The number of furan rings is 1. The number of carbonyl (C=O) groups is 1. The predicted octanol–water partition coefficient (Wildman–Crippen LogP) is 3.31. The van der Waals surface area contributed by atoms with Crippen molar-refractivity contribution in [3.8, 4) is 0 Å². The van der Waals surface area contributed by atoms with Crippen LogP contribution in [0.3, 0.4) is 0 Å². The summed E-state index contributed by atoms with van der Waals surface area (Å²) in [6.45, 7) is 4.74. The number of carbonyl (C=O) groups excluding carboxylic acids is 1. The Kier molecular flexibility index (Phi) is 6.64. The highest BCUT2D eigenvalue weighted by molar-refractivity contribution is 7.99. The van der Waals surface area contributed by atoms with Crippen molar-refractivity contribution >= 4 is 17.7 Å². The monoisotopic (exact) mass is 385 g/mol. The number of aromatic nitrogens is 4. The molecule has 142 valence electrons. The molecule has 1 aromatic carbocycles. The number of amides is 1. The average Bonchev–Trinajstić information content (AvgIpc) is 3.32. The van der Waals surface area contributed by atoms with Crippen LogP contribution in [0.2, 0.25) is 0 Å². The number of benzene rings is 1. The molecule has 0 fully saturated rings. The first-order valence-electron chi connectivity index (χ1n) is 8.87. The van der Waals surface area contributed by atoms with Gasteiger partial charge in [-0.15, -0.1) is 5.10 Å². The molecule has 8 heteroatoms. The smallest absolute Gasteiger partial charge is 0.230 e. The Morgan fingerprint density at radius 2 is 2.04 bits per heavy atom. The van der Waals surface area contributed by atoms with Crippen molar-refractivity contribution < 1.29 is 9.21 Å². The zero-order chi connectivity index (χ0) is 19.1. The summed E-state index contributed by atoms with van der Waals surface area (Å²) < 4.78 is 6.95. The van der Waals surface area contributed by atoms with E-state index in [1.54, 1.807) is 10.9 Å². The summed E-state index contributed by atoms with van der Waals surface area (Å²) in [7, 11) is 0. The molecule has 0 radical (unpaired) electrons. The van der Waals surface area contributed by atoms with E-state index in [0.29, 0.717) is 17.6 Å². The van der Waals surface area contributed by atoms with Crippen molar-refractivity contribution in [2.45, 2.75) is 38.0 Å². The van der Waals surface area contributed by atoms with Gasteiger partial charge in [0.2, 0.25) is 11.1 Å². The van der Waals surface area contributed by atoms with Crippen LogP contribution in [-0.4, -0.2) is 31.9 Å². The molecule has 1 amide bonds. The maximum absolute atomic E-state index is 12.5. The largest absolute Gasteiger partial charge is 0.467 e. The lowest BCUT2D eigenvalue weighted by Crippen LogP contribution is -2.31. The van der Waals surface area contributed by atoms with Crippen LogP contribution in [0.15, 0.2) is 58.3 Å². The van der Waals surface area contributed by atoms with Crippen LogP contribution in [0.5, 0.6) is 0 Å². The normalized spacial score (nSPS) is 12.3. The molecule has 2 aromatic heterocycles. The summed E-state index contributed by atoms with van der Waals surface area (Å²) in [5, 5.41) is 15.4. The Morgan fingerprint density at radius 1 is 1.22 bits per heavy atom. The lowest BCUT2D eigenvalue weighted by atomic mass is 9.97. The van der Waals surface area contributed by atoms with Crippen molar-refractivity contribution in [3.63, 3.8) is 0 Å². The first-order chi connectivity index (χ1) is 13.1. The van der Waals surface area contributed by atoms with E-state index in [1.807, 2.05) is 42.5 Å². The minimum atomic E-state index is -0.0398. The van der Waals surface area contributed by atoms with Crippen molar-refractivity contribution in [1.82, 2.24) is 25.5 Å². The van der Waals surface area contributed by atoms with Gasteiger partial charge < -0.3 is 9.73 Å². The Balaban J connectivity index is 1.58. The molecule has 0 spiro atoms. The van der Waals surface area contributed by atoms with Crippen molar-refractivity contribution in [1.29, 1.82) is 0 Å². The molecule has 0 bridgehead atoms. The number of thioether (sulfide) groups is 1. The Hall–Kier alpha value is -2.61. The quantitative estimate of drug-likeness (QED) is 0.569. The van der Waals surface area contributed by atoms with E-state index in [1.165, 1.54) is 11.8 Å². The van der Waals surface area contributed by atoms with Gasteiger partial charge in [-0.2, -0.15) is 0 Å². The number of rotatable bonds is 9. The van der Waals surface area contributed by atoms with E-state index in [0.717, 1.165) is 17.7 Å². The van der Waals surface area contributed by atoms with Gasteiger partial charge in [-0.3, -0.25) is 4.79 Å². The summed E-state index contributed by atoms with van der Waals surface area (Å²) in [4.78, 5) is 12.5. The molecule has 7 nitrogen and oxygen atoms in total. The van der Waals surface area contributed by atoms with Crippen LogP contribution in [0.4, 0.5) is 0 Å². The zero-order valence-electron chi connectivity index (χ0n) is 15.4. The summed E-state index contributed by atoms with van der Waals surface area (Å²) in [5.74, 6) is 1.44. The fourth-order valence-electron chi connectivity index (χ4n) is 2.75. The van der Waals surface area contributed by atoms with Gasteiger partial charge in [0, 0.05) is 0 Å². The maximum Gasteiger partial charge on any atom is 0.230 e. The molecular weight excluding hydrogens is 362 g/mol. The fraction of sp³-hybridized carbons (Fsp3) is 0.368. The first-order valence-corrected chi connectivity index (χ1v) is 9.86. The third-order valence-corrected chi connectivity index (χ3v) is 4.92. The molecule has 0 saturated heterocycles. The number of tetrazole rings is 1. The summed E-state index contributed by atoms with van der Waals surface area (Å²) >= 11 is 1.31. The summed E-state index contributed by atoms with van der Waals surface area (Å²) in [6.07, 6.45) is 2.50. The standard InChI is InChI=1S/C19H23N5O2S/c1-14(2)11-17(15-7-4-3-5-8-15)20-18(25)13-27-19-21-22-23-24(19)12-16-9-6-10-26-16/h3-10,14,17H,11-13H2,1-2H3,(H,20,25). The zero-order valence-corrected chi connectivity index (χ0v) is 16.2. The van der Waals surface area contributed by atoms with Gasteiger partial charge >= 0.3 is 0 Å². The Labute approximate surface area is 162 Å². The molecule has 0 aliphatic carbocycles. The van der Waals surface area contributed by atoms with Gasteiger partial charge in [-0.05, 0) is 40.5 Å². The van der Waals surface area contributed by atoms with Crippen molar-refractivity contribution in [3.05, 3.63) is 60.1 Å². The molecule has 1 unspecified atom stereocenters. The van der Waals surface area contributed by atoms with Crippen LogP contribution >= 0.6 is 11.8 Å². The van der Waals surface area contributed by atoms with E-state index in [2.05, 4.69) is 34.7 Å². The van der Waals surface area contributed by atoms with Gasteiger partial charge in [0.1, 0.15) is 12.3 Å².